The maximum Gasteiger partial charge on any atom is 0.335 e. The quantitative estimate of drug-likeness (QED) is 0.706. The van der Waals surface area contributed by atoms with Gasteiger partial charge < -0.3 is 15.1 Å². The molecule has 0 aromatic heterocycles. The van der Waals surface area contributed by atoms with Gasteiger partial charge in [0.1, 0.15) is 0 Å². The lowest BCUT2D eigenvalue weighted by molar-refractivity contribution is -0.165. The Morgan fingerprint density at radius 3 is 2.33 bits per heavy atom. The second-order valence-corrected chi connectivity index (χ2v) is 5.60. The summed E-state index contributed by atoms with van der Waals surface area (Å²) in [6.07, 6.45) is 7.41. The van der Waals surface area contributed by atoms with Gasteiger partial charge in [0.05, 0.1) is 0 Å². The van der Waals surface area contributed by atoms with Crippen LogP contribution in [0.3, 0.4) is 0 Å². The van der Waals surface area contributed by atoms with Crippen molar-refractivity contribution >= 4 is 11.9 Å². The molecular weight excluding hydrogens is 274 g/mol. The summed E-state index contributed by atoms with van der Waals surface area (Å²) in [6, 6.07) is 0. The number of carbonyl (C=O) groups excluding carboxylic acids is 1. The lowest BCUT2D eigenvalue weighted by Crippen LogP contribution is -2.50. The molecule has 1 saturated heterocycles. The zero-order valence-electron chi connectivity index (χ0n) is 11.8. The fraction of sp³-hybridized carbons (Fsp3) is 0.714. The van der Waals surface area contributed by atoms with E-state index in [1.807, 2.05) is 0 Å². The molecule has 0 aromatic rings. The first kappa shape index (κ1) is 15.4. The molecule has 114 valence electrons. The Morgan fingerprint density at radius 1 is 1.24 bits per heavy atom. The van der Waals surface area contributed by atoms with E-state index in [0.717, 1.165) is 0 Å². The van der Waals surface area contributed by atoms with E-state index in [4.69, 9.17) is 11.5 Å². The van der Waals surface area contributed by atoms with Gasteiger partial charge in [-0.05, 0) is 0 Å². The number of aliphatic hydroxyl groups is 1. The summed E-state index contributed by atoms with van der Waals surface area (Å²) in [6.45, 7) is 0.514. The molecule has 7 heteroatoms. The van der Waals surface area contributed by atoms with Gasteiger partial charge in [0.25, 0.3) is 0 Å². The lowest BCUT2D eigenvalue weighted by atomic mass is 9.91. The Labute approximate surface area is 123 Å². The van der Waals surface area contributed by atoms with E-state index in [-0.39, 0.29) is 31.8 Å². The number of piperidine rings is 1. The molecule has 21 heavy (non-hydrogen) atoms. The van der Waals surface area contributed by atoms with Crippen LogP contribution in [-0.4, -0.2) is 51.3 Å². The highest BCUT2D eigenvalue weighted by molar-refractivity contribution is 5.79. The molecule has 1 fully saturated rings. The van der Waals surface area contributed by atoms with Crippen molar-refractivity contribution in [2.45, 2.75) is 49.8 Å². The van der Waals surface area contributed by atoms with Crippen molar-refractivity contribution in [1.82, 2.24) is 4.90 Å². The molecule has 0 saturated carbocycles. The van der Waals surface area contributed by atoms with Crippen LogP contribution in [0.15, 0.2) is 10.2 Å². The van der Waals surface area contributed by atoms with Gasteiger partial charge in [-0.15, -0.1) is 12.3 Å². The zero-order chi connectivity index (χ0) is 15.5. The summed E-state index contributed by atoms with van der Waals surface area (Å²) in [5, 5.41) is 26.7. The van der Waals surface area contributed by atoms with E-state index < -0.39 is 17.2 Å². The molecule has 2 rings (SSSR count). The molecule has 0 bridgehead atoms. The minimum atomic E-state index is -1.70. The topological polar surface area (TPSA) is 103 Å². The second-order valence-electron chi connectivity index (χ2n) is 5.60. The molecule has 0 unspecified atom stereocenters. The molecule has 2 aliphatic rings. The third kappa shape index (κ3) is 3.58. The van der Waals surface area contributed by atoms with E-state index >= 15 is 0 Å². The van der Waals surface area contributed by atoms with Gasteiger partial charge in [0, 0.05) is 51.6 Å². The highest BCUT2D eigenvalue weighted by Crippen LogP contribution is 2.37. The number of nitrogens with zero attached hydrogens (tertiary/aromatic N) is 3. The van der Waals surface area contributed by atoms with Gasteiger partial charge in [-0.3, -0.25) is 4.79 Å². The highest BCUT2D eigenvalue weighted by atomic mass is 16.4. The maximum absolute atomic E-state index is 12.1. The molecule has 0 radical (unpaired) electrons. The van der Waals surface area contributed by atoms with Gasteiger partial charge in [0.2, 0.25) is 5.91 Å². The van der Waals surface area contributed by atoms with Gasteiger partial charge in [-0.1, -0.05) is 0 Å². The predicted molar refractivity (Wildman–Crippen MR) is 73.3 cm³/mol. The van der Waals surface area contributed by atoms with E-state index in [9.17, 15) is 14.7 Å². The largest absolute Gasteiger partial charge is 0.479 e. The van der Waals surface area contributed by atoms with Crippen LogP contribution in [0, 0.1) is 12.3 Å². The minimum Gasteiger partial charge on any atom is -0.479 e. The fourth-order valence-corrected chi connectivity index (χ4v) is 2.47. The van der Waals surface area contributed by atoms with Crippen LogP contribution < -0.4 is 0 Å². The van der Waals surface area contributed by atoms with Crippen LogP contribution in [0.1, 0.15) is 38.5 Å². The highest BCUT2D eigenvalue weighted by Gasteiger charge is 2.42. The van der Waals surface area contributed by atoms with Crippen molar-refractivity contribution in [3.63, 3.8) is 0 Å². The Bertz CT molecular complexity index is 495. The van der Waals surface area contributed by atoms with Crippen molar-refractivity contribution in [1.29, 1.82) is 0 Å². The van der Waals surface area contributed by atoms with Crippen LogP contribution in [0.5, 0.6) is 0 Å². The summed E-state index contributed by atoms with van der Waals surface area (Å²) >= 11 is 0. The van der Waals surface area contributed by atoms with Crippen LogP contribution in [0.2, 0.25) is 0 Å². The lowest BCUT2D eigenvalue weighted by Gasteiger charge is -2.35. The molecule has 7 nitrogen and oxygen atoms in total. The number of carboxylic acids is 1. The molecule has 1 amide bonds. The number of aliphatic carboxylic acids is 1. The Balaban J connectivity index is 1.76. The first-order valence-electron chi connectivity index (χ1n) is 7.02. The molecule has 2 heterocycles. The van der Waals surface area contributed by atoms with Crippen LogP contribution in [0.4, 0.5) is 0 Å². The second kappa shape index (κ2) is 5.82. The monoisotopic (exact) mass is 293 g/mol. The molecule has 2 N–H and O–H groups in total. The molecule has 2 aliphatic heterocycles. The van der Waals surface area contributed by atoms with E-state index in [1.165, 1.54) is 0 Å². The van der Waals surface area contributed by atoms with Gasteiger partial charge in [-0.2, -0.15) is 10.2 Å². The van der Waals surface area contributed by atoms with Gasteiger partial charge in [0.15, 0.2) is 11.3 Å². The number of likely N-dealkylation sites (tertiary alicyclic amines) is 1. The van der Waals surface area contributed by atoms with Crippen LogP contribution in [0.25, 0.3) is 0 Å². The zero-order valence-corrected chi connectivity index (χ0v) is 11.8. The summed E-state index contributed by atoms with van der Waals surface area (Å²) in [5.74, 6) is 1.26. The first-order chi connectivity index (χ1) is 9.91. The number of hydrogen-bond donors (Lipinski definition) is 2. The SMILES string of the molecule is C#CCCC1(CCC(=O)N2CCC(O)(C(=O)O)CC2)N=N1. The third-order valence-corrected chi connectivity index (χ3v) is 4.13. The predicted octanol–water partition coefficient (Wildman–Crippen LogP) is 0.780. The first-order valence-corrected chi connectivity index (χ1v) is 7.02. The number of rotatable bonds is 6. The summed E-state index contributed by atoms with van der Waals surface area (Å²) in [7, 11) is 0. The van der Waals surface area contributed by atoms with Gasteiger partial charge >= 0.3 is 5.97 Å². The minimum absolute atomic E-state index is 0.0557. The standard InChI is InChI=1S/C14H19N3O4/c1-2-3-5-14(15-16-14)6-4-11(18)17-9-7-13(21,8-10-17)12(19)20/h1,21H,3-10H2,(H,19,20). The molecular formula is C14H19N3O4. The van der Waals surface area contributed by atoms with E-state index in [0.29, 0.717) is 25.7 Å². The molecule has 0 spiro atoms. The van der Waals surface area contributed by atoms with Gasteiger partial charge in [-0.25, -0.2) is 4.79 Å². The van der Waals surface area contributed by atoms with Crippen molar-refractivity contribution in [3.8, 4) is 12.3 Å². The average Bonchev–Trinajstić information content (AvgIpc) is 3.24. The van der Waals surface area contributed by atoms with Crippen molar-refractivity contribution in [3.05, 3.63) is 0 Å². The smallest absolute Gasteiger partial charge is 0.335 e. The number of carbonyl (C=O) groups is 2. The third-order valence-electron chi connectivity index (χ3n) is 4.13. The van der Waals surface area contributed by atoms with Crippen LogP contribution in [-0.2, 0) is 9.59 Å². The van der Waals surface area contributed by atoms with Crippen molar-refractivity contribution in [2.24, 2.45) is 10.2 Å². The normalized spacial score (nSPS) is 21.6. The van der Waals surface area contributed by atoms with E-state index in [2.05, 4.69) is 16.1 Å². The molecule has 0 atom stereocenters. The van der Waals surface area contributed by atoms with Crippen LogP contribution >= 0.6 is 0 Å². The Hall–Kier alpha value is -1.94. The molecule has 0 aromatic carbocycles. The number of hydrogen-bond acceptors (Lipinski definition) is 5. The Morgan fingerprint density at radius 2 is 1.86 bits per heavy atom. The Kier molecular flexibility index (Phi) is 4.28. The maximum atomic E-state index is 12.1. The number of terminal acetylenes is 1. The molecule has 0 aliphatic carbocycles. The van der Waals surface area contributed by atoms with Crippen molar-refractivity contribution < 1.29 is 19.8 Å². The van der Waals surface area contributed by atoms with E-state index in [1.54, 1.807) is 4.90 Å². The fourth-order valence-electron chi connectivity index (χ4n) is 2.47. The summed E-state index contributed by atoms with van der Waals surface area (Å²) < 4.78 is 0. The van der Waals surface area contributed by atoms with Crippen molar-refractivity contribution in [2.75, 3.05) is 13.1 Å². The average molecular weight is 293 g/mol. The number of carboxylic acid groups (broad SMARTS) is 1. The number of amides is 1. The summed E-state index contributed by atoms with van der Waals surface area (Å²) in [4.78, 5) is 24.6. The summed E-state index contributed by atoms with van der Waals surface area (Å²) in [5.41, 5.74) is -2.18.